The zero-order chi connectivity index (χ0) is 23.2. The van der Waals surface area contributed by atoms with Gasteiger partial charge in [-0.1, -0.05) is 11.8 Å². The number of fused-ring (bicyclic) bond motifs is 1. The Kier molecular flexibility index (Phi) is 6.89. The third-order valence-corrected chi connectivity index (χ3v) is 5.64. The maximum Gasteiger partial charge on any atom is 0.234 e. The normalized spacial score (nSPS) is 10.7. The molecule has 0 saturated heterocycles. The second kappa shape index (κ2) is 10.2. The molecule has 0 unspecified atom stereocenters. The van der Waals surface area contributed by atoms with Crippen molar-refractivity contribution in [3.8, 4) is 17.0 Å². The molecule has 0 atom stereocenters. The summed E-state index contributed by atoms with van der Waals surface area (Å²) < 4.78 is 7.26. The molecule has 0 fully saturated rings. The predicted octanol–water partition coefficient (Wildman–Crippen LogP) is 4.48. The van der Waals surface area contributed by atoms with E-state index in [0.29, 0.717) is 18.0 Å². The summed E-state index contributed by atoms with van der Waals surface area (Å²) in [5.41, 5.74) is 3.95. The number of hydrogen-bond acceptors (Lipinski definition) is 6. The van der Waals surface area contributed by atoms with E-state index < -0.39 is 0 Å². The molecular formula is C24H23N5O3S. The number of amides is 2. The number of carbonyl (C=O) groups excluding carboxylic acids is 2. The number of aromatic nitrogens is 3. The molecule has 33 heavy (non-hydrogen) atoms. The number of rotatable bonds is 8. The van der Waals surface area contributed by atoms with Gasteiger partial charge in [0.2, 0.25) is 11.8 Å². The van der Waals surface area contributed by atoms with E-state index >= 15 is 0 Å². The van der Waals surface area contributed by atoms with Crippen molar-refractivity contribution < 1.29 is 14.3 Å². The number of thioether (sulfide) groups is 1. The Bertz CT molecular complexity index is 1270. The standard InChI is InChI=1S/C24H23N5O3S/c1-3-32-20-10-4-17(5-11-20)21-14-22-24(25-12-13-29(22)28-21)33-15-23(31)27-19-8-6-18(7-9-19)26-16(2)30/h4-14H,3,15H2,1-2H3,(H,26,30)(H,27,31). The summed E-state index contributed by atoms with van der Waals surface area (Å²) in [5, 5.41) is 10.9. The maximum absolute atomic E-state index is 12.4. The summed E-state index contributed by atoms with van der Waals surface area (Å²) in [6.07, 6.45) is 3.46. The van der Waals surface area contributed by atoms with Gasteiger partial charge in [0.1, 0.15) is 10.8 Å². The molecule has 168 valence electrons. The van der Waals surface area contributed by atoms with E-state index in [9.17, 15) is 9.59 Å². The molecule has 2 N–H and O–H groups in total. The molecular weight excluding hydrogens is 438 g/mol. The van der Waals surface area contributed by atoms with Crippen molar-refractivity contribution >= 4 is 40.5 Å². The van der Waals surface area contributed by atoms with Gasteiger partial charge in [-0.15, -0.1) is 0 Å². The molecule has 0 saturated carbocycles. The highest BCUT2D eigenvalue weighted by Crippen LogP contribution is 2.27. The molecule has 0 bridgehead atoms. The highest BCUT2D eigenvalue weighted by atomic mass is 32.2. The van der Waals surface area contributed by atoms with Gasteiger partial charge >= 0.3 is 0 Å². The highest BCUT2D eigenvalue weighted by Gasteiger charge is 2.12. The molecule has 0 spiro atoms. The lowest BCUT2D eigenvalue weighted by atomic mass is 10.1. The first-order valence-corrected chi connectivity index (χ1v) is 11.4. The topological polar surface area (TPSA) is 97.6 Å². The van der Waals surface area contributed by atoms with Crippen LogP contribution < -0.4 is 15.4 Å². The third-order valence-electron chi connectivity index (χ3n) is 4.64. The zero-order valence-electron chi connectivity index (χ0n) is 18.2. The average molecular weight is 462 g/mol. The summed E-state index contributed by atoms with van der Waals surface area (Å²) >= 11 is 1.35. The van der Waals surface area contributed by atoms with E-state index in [1.54, 1.807) is 41.2 Å². The third kappa shape index (κ3) is 5.69. The molecule has 0 radical (unpaired) electrons. The first-order valence-electron chi connectivity index (χ1n) is 10.4. The number of hydrogen-bond donors (Lipinski definition) is 2. The fourth-order valence-electron chi connectivity index (χ4n) is 3.21. The molecule has 2 aromatic carbocycles. The Labute approximate surface area is 195 Å². The summed E-state index contributed by atoms with van der Waals surface area (Å²) in [5.74, 6) is 0.723. The number of nitrogens with zero attached hydrogens (tertiary/aromatic N) is 3. The second-order valence-electron chi connectivity index (χ2n) is 7.14. The van der Waals surface area contributed by atoms with Crippen molar-refractivity contribution in [1.82, 2.24) is 14.6 Å². The van der Waals surface area contributed by atoms with Crippen LogP contribution in [0.3, 0.4) is 0 Å². The Morgan fingerprint density at radius 1 is 1.03 bits per heavy atom. The molecule has 4 rings (SSSR count). The van der Waals surface area contributed by atoms with Crippen molar-refractivity contribution in [2.75, 3.05) is 23.0 Å². The van der Waals surface area contributed by atoms with E-state index in [1.165, 1.54) is 18.7 Å². The van der Waals surface area contributed by atoms with Crippen LogP contribution in [0.2, 0.25) is 0 Å². The Morgan fingerprint density at radius 2 is 1.73 bits per heavy atom. The smallest absolute Gasteiger partial charge is 0.234 e. The molecule has 2 aromatic heterocycles. The van der Waals surface area contributed by atoms with Crippen molar-refractivity contribution in [2.24, 2.45) is 0 Å². The number of carbonyl (C=O) groups is 2. The Balaban J connectivity index is 1.42. The van der Waals surface area contributed by atoms with Gasteiger partial charge in [-0.3, -0.25) is 9.59 Å². The van der Waals surface area contributed by atoms with Gasteiger partial charge in [0, 0.05) is 36.3 Å². The number of nitrogens with one attached hydrogen (secondary N) is 2. The fourth-order valence-corrected chi connectivity index (χ4v) is 3.99. The first kappa shape index (κ1) is 22.3. The molecule has 0 aliphatic carbocycles. The largest absolute Gasteiger partial charge is 0.494 e. The van der Waals surface area contributed by atoms with Crippen LogP contribution in [0.1, 0.15) is 13.8 Å². The first-order chi connectivity index (χ1) is 16.0. The van der Waals surface area contributed by atoms with Gasteiger partial charge in [-0.05, 0) is 61.5 Å². The van der Waals surface area contributed by atoms with Gasteiger partial charge in [0.05, 0.1) is 23.6 Å². The van der Waals surface area contributed by atoms with E-state index in [4.69, 9.17) is 4.74 Å². The van der Waals surface area contributed by atoms with Crippen LogP contribution in [0.4, 0.5) is 11.4 Å². The van der Waals surface area contributed by atoms with E-state index in [1.807, 2.05) is 37.3 Å². The lowest BCUT2D eigenvalue weighted by molar-refractivity contribution is -0.114. The molecule has 2 heterocycles. The van der Waals surface area contributed by atoms with Crippen molar-refractivity contribution in [3.63, 3.8) is 0 Å². The minimum Gasteiger partial charge on any atom is -0.494 e. The predicted molar refractivity (Wildman–Crippen MR) is 130 cm³/mol. The van der Waals surface area contributed by atoms with Gasteiger partial charge in [0.25, 0.3) is 0 Å². The molecule has 2 amide bonds. The Morgan fingerprint density at radius 3 is 2.39 bits per heavy atom. The Hall–Kier alpha value is -3.85. The SMILES string of the molecule is CCOc1ccc(-c2cc3c(SCC(=O)Nc4ccc(NC(C)=O)cc4)nccn3n2)cc1. The molecule has 9 heteroatoms. The summed E-state index contributed by atoms with van der Waals surface area (Å²) in [6, 6.07) is 16.7. The van der Waals surface area contributed by atoms with Crippen LogP contribution in [0.25, 0.3) is 16.8 Å². The lowest BCUT2D eigenvalue weighted by Crippen LogP contribution is -2.14. The number of anilines is 2. The monoisotopic (exact) mass is 461 g/mol. The summed E-state index contributed by atoms with van der Waals surface area (Å²) in [6.45, 7) is 4.02. The highest BCUT2D eigenvalue weighted by molar-refractivity contribution is 8.00. The molecule has 0 aliphatic rings. The summed E-state index contributed by atoms with van der Waals surface area (Å²) in [7, 11) is 0. The van der Waals surface area contributed by atoms with Crippen molar-refractivity contribution in [2.45, 2.75) is 18.9 Å². The van der Waals surface area contributed by atoms with Crippen molar-refractivity contribution in [3.05, 3.63) is 67.0 Å². The van der Waals surface area contributed by atoms with Crippen LogP contribution in [0.5, 0.6) is 5.75 Å². The quantitative estimate of drug-likeness (QED) is 0.376. The summed E-state index contributed by atoms with van der Waals surface area (Å²) in [4.78, 5) is 28.0. The zero-order valence-corrected chi connectivity index (χ0v) is 19.1. The molecule has 8 nitrogen and oxygen atoms in total. The van der Waals surface area contributed by atoms with Crippen LogP contribution in [-0.4, -0.2) is 38.8 Å². The van der Waals surface area contributed by atoms with Gasteiger partial charge in [-0.2, -0.15) is 5.10 Å². The average Bonchev–Trinajstić information content (AvgIpc) is 3.24. The van der Waals surface area contributed by atoms with Crippen LogP contribution in [0, 0.1) is 0 Å². The van der Waals surface area contributed by atoms with Crippen LogP contribution >= 0.6 is 11.8 Å². The van der Waals surface area contributed by atoms with E-state index in [0.717, 1.165) is 27.5 Å². The van der Waals surface area contributed by atoms with Gasteiger partial charge in [-0.25, -0.2) is 9.50 Å². The minimum absolute atomic E-state index is 0.143. The van der Waals surface area contributed by atoms with Gasteiger partial charge < -0.3 is 15.4 Å². The molecule has 4 aromatic rings. The number of ether oxygens (including phenoxy) is 1. The van der Waals surface area contributed by atoms with Crippen LogP contribution in [-0.2, 0) is 9.59 Å². The van der Waals surface area contributed by atoms with Crippen LogP contribution in [0.15, 0.2) is 72.0 Å². The van der Waals surface area contributed by atoms with Crippen molar-refractivity contribution in [1.29, 1.82) is 0 Å². The fraction of sp³-hybridized carbons (Fsp3) is 0.167. The lowest BCUT2D eigenvalue weighted by Gasteiger charge is -2.07. The number of benzene rings is 2. The van der Waals surface area contributed by atoms with Gasteiger partial charge in [0.15, 0.2) is 0 Å². The second-order valence-corrected chi connectivity index (χ2v) is 8.11. The maximum atomic E-state index is 12.4. The molecule has 0 aliphatic heterocycles. The van der Waals surface area contributed by atoms with E-state index in [2.05, 4.69) is 20.7 Å². The minimum atomic E-state index is -0.151. The van der Waals surface area contributed by atoms with E-state index in [-0.39, 0.29) is 17.6 Å².